The number of halogens is 4. The van der Waals surface area contributed by atoms with Gasteiger partial charge < -0.3 is 5.32 Å². The molecule has 106 valence electrons. The molecule has 0 heterocycles. The lowest BCUT2D eigenvalue weighted by Crippen LogP contribution is -2.23. The van der Waals surface area contributed by atoms with Gasteiger partial charge in [0.1, 0.15) is 23.3 Å². The summed E-state index contributed by atoms with van der Waals surface area (Å²) in [4.78, 5) is 0. The predicted molar refractivity (Wildman–Crippen MR) is 68.2 cm³/mol. The maximum Gasteiger partial charge on any atom is 0.131 e. The summed E-state index contributed by atoms with van der Waals surface area (Å²) >= 11 is 0. The van der Waals surface area contributed by atoms with Gasteiger partial charge >= 0.3 is 0 Å². The van der Waals surface area contributed by atoms with Crippen molar-refractivity contribution in [3.63, 3.8) is 0 Å². The molecule has 1 N–H and O–H groups in total. The molecule has 20 heavy (non-hydrogen) atoms. The molecule has 0 bridgehead atoms. The molecule has 0 amide bonds. The Balaban J connectivity index is 2.49. The largest absolute Gasteiger partial charge is 0.306 e. The highest BCUT2D eigenvalue weighted by Gasteiger charge is 2.19. The number of hydrogen-bond acceptors (Lipinski definition) is 1. The van der Waals surface area contributed by atoms with Crippen LogP contribution in [0.2, 0.25) is 0 Å². The fraction of sp³-hybridized carbons (Fsp3) is 0.200. The Bertz CT molecular complexity index is 593. The molecular formula is C15H13F4N. The minimum absolute atomic E-state index is 0.137. The first-order chi connectivity index (χ1) is 9.51. The molecule has 0 saturated carbocycles. The van der Waals surface area contributed by atoms with Gasteiger partial charge in [0.05, 0.1) is 6.04 Å². The molecule has 1 atom stereocenters. The summed E-state index contributed by atoms with van der Waals surface area (Å²) in [7, 11) is 0. The minimum atomic E-state index is -0.763. The van der Waals surface area contributed by atoms with Crippen LogP contribution in [0.3, 0.4) is 0 Å². The smallest absolute Gasteiger partial charge is 0.131 e. The van der Waals surface area contributed by atoms with Crippen molar-refractivity contribution in [1.29, 1.82) is 0 Å². The van der Waals surface area contributed by atoms with Gasteiger partial charge in [-0.15, -0.1) is 0 Å². The summed E-state index contributed by atoms with van der Waals surface area (Å²) in [6, 6.07) is 5.37. The molecule has 0 radical (unpaired) electrons. The van der Waals surface area contributed by atoms with E-state index in [9.17, 15) is 17.6 Å². The van der Waals surface area contributed by atoms with Gasteiger partial charge in [-0.05, 0) is 30.3 Å². The lowest BCUT2D eigenvalue weighted by molar-refractivity contribution is 0.532. The van der Waals surface area contributed by atoms with E-state index in [0.29, 0.717) is 6.54 Å². The Hall–Kier alpha value is -1.88. The van der Waals surface area contributed by atoms with Crippen molar-refractivity contribution < 1.29 is 17.6 Å². The van der Waals surface area contributed by atoms with Gasteiger partial charge in [-0.2, -0.15) is 0 Å². The van der Waals surface area contributed by atoms with Crippen LogP contribution in [0, 0.1) is 23.3 Å². The first kappa shape index (κ1) is 14.5. The Morgan fingerprint density at radius 2 is 1.55 bits per heavy atom. The Morgan fingerprint density at radius 3 is 2.10 bits per heavy atom. The van der Waals surface area contributed by atoms with E-state index in [4.69, 9.17) is 0 Å². The van der Waals surface area contributed by atoms with Crippen molar-refractivity contribution in [2.75, 3.05) is 6.54 Å². The zero-order valence-electron chi connectivity index (χ0n) is 10.8. The van der Waals surface area contributed by atoms with Gasteiger partial charge in [-0.25, -0.2) is 17.6 Å². The first-order valence-electron chi connectivity index (χ1n) is 6.15. The molecule has 1 nitrogen and oxygen atoms in total. The molecule has 0 spiro atoms. The van der Waals surface area contributed by atoms with Gasteiger partial charge in [0.25, 0.3) is 0 Å². The van der Waals surface area contributed by atoms with Crippen molar-refractivity contribution in [1.82, 2.24) is 5.32 Å². The number of hydrogen-bond donors (Lipinski definition) is 1. The van der Waals surface area contributed by atoms with E-state index < -0.39 is 29.3 Å². The molecular weight excluding hydrogens is 270 g/mol. The molecule has 0 aliphatic carbocycles. The van der Waals surface area contributed by atoms with Crippen LogP contribution >= 0.6 is 0 Å². The minimum Gasteiger partial charge on any atom is -0.306 e. The van der Waals surface area contributed by atoms with Crippen molar-refractivity contribution in [2.24, 2.45) is 0 Å². The van der Waals surface area contributed by atoms with E-state index in [2.05, 4.69) is 5.32 Å². The van der Waals surface area contributed by atoms with Crippen LogP contribution in [-0.4, -0.2) is 6.54 Å². The molecule has 2 rings (SSSR count). The molecule has 0 aliphatic rings. The van der Waals surface area contributed by atoms with Crippen LogP contribution in [0.15, 0.2) is 36.4 Å². The SMILES string of the molecule is CCNC(c1cc(F)cc(F)c1)c1ccc(F)cc1F. The van der Waals surface area contributed by atoms with Gasteiger partial charge in [-0.3, -0.25) is 0 Å². The number of rotatable bonds is 4. The summed E-state index contributed by atoms with van der Waals surface area (Å²) in [6.07, 6.45) is 0. The highest BCUT2D eigenvalue weighted by atomic mass is 19.1. The van der Waals surface area contributed by atoms with Crippen LogP contribution in [-0.2, 0) is 0 Å². The van der Waals surface area contributed by atoms with Crippen LogP contribution < -0.4 is 5.32 Å². The average Bonchev–Trinajstić information content (AvgIpc) is 2.35. The third kappa shape index (κ3) is 3.17. The first-order valence-corrected chi connectivity index (χ1v) is 6.15. The van der Waals surface area contributed by atoms with E-state index >= 15 is 0 Å². The third-order valence-electron chi connectivity index (χ3n) is 2.90. The lowest BCUT2D eigenvalue weighted by atomic mass is 9.97. The van der Waals surface area contributed by atoms with Crippen molar-refractivity contribution in [3.05, 3.63) is 70.8 Å². The van der Waals surface area contributed by atoms with E-state index in [-0.39, 0.29) is 11.1 Å². The van der Waals surface area contributed by atoms with Crippen molar-refractivity contribution in [3.8, 4) is 0 Å². The van der Waals surface area contributed by atoms with Crippen molar-refractivity contribution in [2.45, 2.75) is 13.0 Å². The van der Waals surface area contributed by atoms with Gasteiger partial charge in [0, 0.05) is 17.7 Å². The lowest BCUT2D eigenvalue weighted by Gasteiger charge is -2.19. The maximum absolute atomic E-state index is 13.8. The molecule has 5 heteroatoms. The monoisotopic (exact) mass is 283 g/mol. The Labute approximate surface area is 114 Å². The average molecular weight is 283 g/mol. The summed E-state index contributed by atoms with van der Waals surface area (Å²) in [5.41, 5.74) is 0.383. The number of nitrogens with one attached hydrogen (secondary N) is 1. The second-order valence-corrected chi connectivity index (χ2v) is 4.36. The Kier molecular flexibility index (Phi) is 4.39. The van der Waals surface area contributed by atoms with Gasteiger partial charge in [0.2, 0.25) is 0 Å². The molecule has 0 saturated heterocycles. The van der Waals surface area contributed by atoms with E-state index in [1.165, 1.54) is 6.07 Å². The summed E-state index contributed by atoms with van der Waals surface area (Å²) < 4.78 is 53.4. The highest BCUT2D eigenvalue weighted by Crippen LogP contribution is 2.26. The third-order valence-corrected chi connectivity index (χ3v) is 2.90. The maximum atomic E-state index is 13.8. The number of benzene rings is 2. The normalized spacial score (nSPS) is 12.4. The zero-order valence-corrected chi connectivity index (χ0v) is 10.8. The quantitative estimate of drug-likeness (QED) is 0.838. The van der Waals surface area contributed by atoms with E-state index in [1.807, 2.05) is 0 Å². The van der Waals surface area contributed by atoms with Crippen LogP contribution in [0.5, 0.6) is 0 Å². The van der Waals surface area contributed by atoms with Crippen LogP contribution in [0.1, 0.15) is 24.1 Å². The molecule has 1 unspecified atom stereocenters. The van der Waals surface area contributed by atoms with Crippen LogP contribution in [0.25, 0.3) is 0 Å². The van der Waals surface area contributed by atoms with E-state index in [1.54, 1.807) is 6.92 Å². The molecule has 0 aliphatic heterocycles. The summed E-state index contributed by atoms with van der Waals surface area (Å²) in [6.45, 7) is 2.24. The van der Waals surface area contributed by atoms with Gasteiger partial charge in [-0.1, -0.05) is 13.0 Å². The highest BCUT2D eigenvalue weighted by molar-refractivity contribution is 5.33. The second-order valence-electron chi connectivity index (χ2n) is 4.36. The molecule has 2 aromatic carbocycles. The Morgan fingerprint density at radius 1 is 0.900 bits per heavy atom. The van der Waals surface area contributed by atoms with E-state index in [0.717, 1.165) is 30.3 Å². The van der Waals surface area contributed by atoms with Crippen molar-refractivity contribution >= 4 is 0 Å². The zero-order chi connectivity index (χ0) is 14.7. The predicted octanol–water partition coefficient (Wildman–Crippen LogP) is 3.94. The fourth-order valence-electron chi connectivity index (χ4n) is 2.09. The topological polar surface area (TPSA) is 12.0 Å². The second kappa shape index (κ2) is 6.05. The fourth-order valence-corrected chi connectivity index (χ4v) is 2.09. The van der Waals surface area contributed by atoms with Crippen LogP contribution in [0.4, 0.5) is 17.6 Å². The van der Waals surface area contributed by atoms with Gasteiger partial charge in [0.15, 0.2) is 0 Å². The summed E-state index contributed by atoms with van der Waals surface area (Å²) in [5.74, 6) is -2.96. The molecule has 0 fully saturated rings. The molecule has 2 aromatic rings. The molecule has 0 aromatic heterocycles. The summed E-state index contributed by atoms with van der Waals surface area (Å²) in [5, 5.41) is 2.93. The standard InChI is InChI=1S/C15H13F4N/c1-2-20-15(9-5-11(17)7-12(18)6-9)13-4-3-10(16)8-14(13)19/h3-8,15,20H,2H2,1H3.